The van der Waals surface area contributed by atoms with Crippen LogP contribution in [0.2, 0.25) is 0 Å². The lowest BCUT2D eigenvalue weighted by molar-refractivity contribution is -0.117. The largest absolute Gasteiger partial charge is 0.494 e. The molecule has 0 atom stereocenters. The van der Waals surface area contributed by atoms with Gasteiger partial charge in [-0.3, -0.25) is 9.59 Å². The number of nitrogens with one attached hydrogen (secondary N) is 1. The third kappa shape index (κ3) is 4.22. The van der Waals surface area contributed by atoms with Crippen molar-refractivity contribution in [1.29, 1.82) is 0 Å². The molecule has 10 heteroatoms. The second kappa shape index (κ2) is 8.65. The number of amides is 1. The molecule has 0 fully saturated rings. The van der Waals surface area contributed by atoms with E-state index in [2.05, 4.69) is 15.5 Å². The van der Waals surface area contributed by atoms with Crippen molar-refractivity contribution in [2.24, 2.45) is 0 Å². The van der Waals surface area contributed by atoms with Gasteiger partial charge in [0.15, 0.2) is 11.5 Å². The van der Waals surface area contributed by atoms with E-state index >= 15 is 0 Å². The Labute approximate surface area is 188 Å². The Balaban J connectivity index is 1.34. The lowest BCUT2D eigenvalue weighted by atomic mass is 10.1. The van der Waals surface area contributed by atoms with Crippen LogP contribution in [0.5, 0.6) is 17.2 Å². The average Bonchev–Trinajstić information content (AvgIpc) is 3.27. The third-order valence-corrected chi connectivity index (χ3v) is 5.07. The average molecular weight is 447 g/mol. The molecule has 1 aliphatic rings. The van der Waals surface area contributed by atoms with Crippen LogP contribution in [0, 0.1) is 0 Å². The molecule has 0 saturated heterocycles. The van der Waals surface area contributed by atoms with Gasteiger partial charge in [0.25, 0.3) is 5.56 Å². The summed E-state index contributed by atoms with van der Waals surface area (Å²) in [4.78, 5) is 25.4. The minimum absolute atomic E-state index is 0.243. The van der Waals surface area contributed by atoms with Crippen LogP contribution >= 0.6 is 0 Å². The van der Waals surface area contributed by atoms with Crippen molar-refractivity contribution >= 4 is 17.1 Å². The van der Waals surface area contributed by atoms with Crippen LogP contribution in [0.4, 0.5) is 5.69 Å². The number of nitrogens with zero attached hydrogens (tertiary/aromatic N) is 4. The molecule has 0 radical (unpaired) electrons. The third-order valence-electron chi connectivity index (χ3n) is 5.07. The second-order valence-electron chi connectivity index (χ2n) is 7.32. The Hall–Kier alpha value is -4.34. The maximum absolute atomic E-state index is 12.9. The summed E-state index contributed by atoms with van der Waals surface area (Å²) in [5.74, 6) is 1.57. The number of carbonyl (C=O) groups excluding carboxylic acids is 1. The van der Waals surface area contributed by atoms with Crippen molar-refractivity contribution in [1.82, 2.24) is 19.4 Å². The monoisotopic (exact) mass is 447 g/mol. The molecule has 3 heterocycles. The van der Waals surface area contributed by atoms with E-state index in [4.69, 9.17) is 14.2 Å². The smallest absolute Gasteiger partial charge is 0.293 e. The first-order chi connectivity index (χ1) is 16.1. The molecular formula is C23H21N5O5. The van der Waals surface area contributed by atoms with Gasteiger partial charge in [-0.05, 0) is 49.4 Å². The molecule has 1 N–H and O–H groups in total. The molecule has 0 aliphatic carbocycles. The molecule has 10 nitrogen and oxygen atoms in total. The molecule has 0 spiro atoms. The fourth-order valence-electron chi connectivity index (χ4n) is 3.54. The van der Waals surface area contributed by atoms with Crippen molar-refractivity contribution < 1.29 is 19.0 Å². The minimum Gasteiger partial charge on any atom is -0.494 e. The van der Waals surface area contributed by atoms with Crippen molar-refractivity contribution in [3.8, 4) is 28.5 Å². The highest BCUT2D eigenvalue weighted by Gasteiger charge is 2.15. The van der Waals surface area contributed by atoms with Crippen LogP contribution in [-0.2, 0) is 11.3 Å². The Kier molecular flexibility index (Phi) is 5.39. The molecule has 168 valence electrons. The molecular weight excluding hydrogens is 426 g/mol. The quantitative estimate of drug-likeness (QED) is 0.483. The van der Waals surface area contributed by atoms with E-state index in [1.54, 1.807) is 24.3 Å². The van der Waals surface area contributed by atoms with E-state index in [1.165, 1.54) is 10.8 Å². The Morgan fingerprint density at radius 3 is 2.67 bits per heavy atom. The molecule has 33 heavy (non-hydrogen) atoms. The number of hydrogen-bond donors (Lipinski definition) is 1. The number of anilines is 1. The highest BCUT2D eigenvalue weighted by molar-refractivity contribution is 5.91. The number of benzene rings is 2. The fourth-order valence-corrected chi connectivity index (χ4v) is 3.54. The highest BCUT2D eigenvalue weighted by atomic mass is 16.6. The van der Waals surface area contributed by atoms with Crippen molar-refractivity contribution in [2.45, 2.75) is 13.5 Å². The summed E-state index contributed by atoms with van der Waals surface area (Å²) in [6.45, 7) is 3.21. The first-order valence-electron chi connectivity index (χ1n) is 10.5. The van der Waals surface area contributed by atoms with Gasteiger partial charge in [0.2, 0.25) is 5.91 Å². The summed E-state index contributed by atoms with van der Waals surface area (Å²) < 4.78 is 19.0. The number of ether oxygens (including phenoxy) is 3. The van der Waals surface area contributed by atoms with Gasteiger partial charge < -0.3 is 19.5 Å². The Morgan fingerprint density at radius 1 is 1.09 bits per heavy atom. The van der Waals surface area contributed by atoms with Crippen LogP contribution < -0.4 is 25.1 Å². The summed E-state index contributed by atoms with van der Waals surface area (Å²) in [6.07, 6.45) is 1.41. The molecule has 5 rings (SSSR count). The van der Waals surface area contributed by atoms with Crippen LogP contribution in [0.25, 0.3) is 16.8 Å². The van der Waals surface area contributed by atoms with E-state index in [0.717, 1.165) is 16.0 Å². The minimum atomic E-state index is -0.417. The van der Waals surface area contributed by atoms with Gasteiger partial charge >= 0.3 is 0 Å². The molecule has 1 aliphatic heterocycles. The number of carbonyl (C=O) groups is 1. The standard InChI is InChI=1S/C23H21N5O5/c1-2-31-17-6-3-15(4-7-17)18-12-19-23(30)27(24-14-28(19)26-18)13-22(29)25-16-5-8-20-21(11-16)33-10-9-32-20/h3-8,11-12,14H,2,9-10,13H2,1H3,(H,25,29). The maximum Gasteiger partial charge on any atom is 0.293 e. The first-order valence-corrected chi connectivity index (χ1v) is 10.5. The zero-order chi connectivity index (χ0) is 22.8. The van der Waals surface area contributed by atoms with E-state index in [-0.39, 0.29) is 6.54 Å². The van der Waals surface area contributed by atoms with E-state index < -0.39 is 11.5 Å². The Bertz CT molecular complexity index is 1380. The van der Waals surface area contributed by atoms with Crippen molar-refractivity contribution in [2.75, 3.05) is 25.1 Å². The predicted octanol–water partition coefficient (Wildman–Crippen LogP) is 2.37. The molecule has 2 aromatic carbocycles. The van der Waals surface area contributed by atoms with Gasteiger partial charge in [0.05, 0.1) is 12.3 Å². The normalized spacial score (nSPS) is 12.5. The number of aromatic nitrogens is 4. The highest BCUT2D eigenvalue weighted by Crippen LogP contribution is 2.32. The maximum atomic E-state index is 12.9. The summed E-state index contributed by atoms with van der Waals surface area (Å²) in [5, 5.41) is 11.3. The molecule has 2 aromatic heterocycles. The van der Waals surface area contributed by atoms with Gasteiger partial charge in [-0.1, -0.05) is 0 Å². The zero-order valence-corrected chi connectivity index (χ0v) is 17.9. The topological polar surface area (TPSA) is 109 Å². The summed E-state index contributed by atoms with van der Waals surface area (Å²) in [6, 6.07) is 14.3. The number of rotatable bonds is 6. The van der Waals surface area contributed by atoms with Crippen LogP contribution in [0.3, 0.4) is 0 Å². The van der Waals surface area contributed by atoms with E-state index in [9.17, 15) is 9.59 Å². The number of hydrogen-bond acceptors (Lipinski definition) is 7. The zero-order valence-electron chi connectivity index (χ0n) is 17.9. The van der Waals surface area contributed by atoms with Crippen LogP contribution in [0.1, 0.15) is 6.92 Å². The van der Waals surface area contributed by atoms with Crippen molar-refractivity contribution in [3.63, 3.8) is 0 Å². The van der Waals surface area contributed by atoms with Gasteiger partial charge in [-0.2, -0.15) is 10.2 Å². The SMILES string of the molecule is CCOc1ccc(-c2cc3c(=O)n(CC(=O)Nc4ccc5c(c4)OCCO5)ncn3n2)cc1. The van der Waals surface area contributed by atoms with Gasteiger partial charge in [0.1, 0.15) is 37.4 Å². The number of fused-ring (bicyclic) bond motifs is 2. The lowest BCUT2D eigenvalue weighted by Gasteiger charge is -2.19. The Morgan fingerprint density at radius 2 is 1.88 bits per heavy atom. The fraction of sp³-hybridized carbons (Fsp3) is 0.217. The molecule has 0 bridgehead atoms. The van der Waals surface area contributed by atoms with Crippen molar-refractivity contribution in [3.05, 3.63) is 65.2 Å². The molecule has 4 aromatic rings. The van der Waals surface area contributed by atoms with Gasteiger partial charge in [-0.25, -0.2) is 9.20 Å². The predicted molar refractivity (Wildman–Crippen MR) is 120 cm³/mol. The molecule has 0 saturated carbocycles. The van der Waals surface area contributed by atoms with Gasteiger partial charge in [0, 0.05) is 17.3 Å². The molecule has 1 amide bonds. The first kappa shape index (κ1) is 20.6. The second-order valence-corrected chi connectivity index (χ2v) is 7.32. The van der Waals surface area contributed by atoms with Crippen LogP contribution in [-0.4, -0.2) is 45.1 Å². The van der Waals surface area contributed by atoms with Gasteiger partial charge in [-0.15, -0.1) is 0 Å². The summed E-state index contributed by atoms with van der Waals surface area (Å²) in [5.41, 5.74) is 1.90. The summed E-state index contributed by atoms with van der Waals surface area (Å²) in [7, 11) is 0. The lowest BCUT2D eigenvalue weighted by Crippen LogP contribution is -2.30. The van der Waals surface area contributed by atoms with E-state index in [0.29, 0.717) is 48.2 Å². The van der Waals surface area contributed by atoms with E-state index in [1.807, 2.05) is 31.2 Å². The molecule has 0 unspecified atom stereocenters. The summed E-state index contributed by atoms with van der Waals surface area (Å²) >= 11 is 0. The van der Waals surface area contributed by atoms with Crippen LogP contribution in [0.15, 0.2) is 59.7 Å².